The van der Waals surface area contributed by atoms with Gasteiger partial charge in [-0.25, -0.2) is 9.59 Å². The number of carbonyl (C=O) groups excluding carboxylic acids is 3. The number of cyclic esters (lactones) is 1. The van der Waals surface area contributed by atoms with Crippen LogP contribution >= 0.6 is 0 Å². The van der Waals surface area contributed by atoms with E-state index >= 15 is 0 Å². The van der Waals surface area contributed by atoms with E-state index in [1.54, 1.807) is 9.80 Å². The minimum absolute atomic E-state index is 0.156. The lowest BCUT2D eigenvalue weighted by atomic mass is 10.0. The Kier molecular flexibility index (Phi) is 6.58. The molecular weight excluding hydrogens is 410 g/mol. The normalized spacial score (nSPS) is 17.9. The summed E-state index contributed by atoms with van der Waals surface area (Å²) >= 11 is 0. The molecule has 0 bridgehead atoms. The van der Waals surface area contributed by atoms with E-state index in [4.69, 9.17) is 9.47 Å². The summed E-state index contributed by atoms with van der Waals surface area (Å²) in [5, 5.41) is 2.68. The van der Waals surface area contributed by atoms with Crippen LogP contribution in [0.4, 0.5) is 15.3 Å². The number of hydrogen-bond donors (Lipinski definition) is 1. The average Bonchev–Trinajstić information content (AvgIpc) is 3.04. The zero-order chi connectivity index (χ0) is 22.5. The van der Waals surface area contributed by atoms with Crippen LogP contribution in [0.25, 0.3) is 0 Å². The second-order valence-corrected chi connectivity index (χ2v) is 8.03. The summed E-state index contributed by atoms with van der Waals surface area (Å²) in [4.78, 5) is 39.3. The Labute approximate surface area is 187 Å². The van der Waals surface area contributed by atoms with Crippen molar-refractivity contribution in [2.75, 3.05) is 31.1 Å². The first-order valence-corrected chi connectivity index (χ1v) is 10.8. The maximum Gasteiger partial charge on any atom is 0.414 e. The van der Waals surface area contributed by atoms with Crippen molar-refractivity contribution in [3.63, 3.8) is 0 Å². The van der Waals surface area contributed by atoms with Gasteiger partial charge < -0.3 is 19.7 Å². The van der Waals surface area contributed by atoms with E-state index in [1.807, 2.05) is 48.5 Å². The van der Waals surface area contributed by atoms with Gasteiger partial charge in [-0.05, 0) is 41.7 Å². The minimum atomic E-state index is -0.417. The van der Waals surface area contributed by atoms with Crippen molar-refractivity contribution in [2.45, 2.75) is 32.5 Å². The monoisotopic (exact) mass is 437 g/mol. The van der Waals surface area contributed by atoms with Crippen molar-refractivity contribution in [2.24, 2.45) is 0 Å². The summed E-state index contributed by atoms with van der Waals surface area (Å²) in [7, 11) is 0. The quantitative estimate of drug-likeness (QED) is 0.777. The van der Waals surface area contributed by atoms with E-state index in [0.29, 0.717) is 32.6 Å². The average molecular weight is 437 g/mol. The van der Waals surface area contributed by atoms with Gasteiger partial charge in [-0.15, -0.1) is 0 Å². The molecule has 0 aliphatic carbocycles. The summed E-state index contributed by atoms with van der Waals surface area (Å²) < 4.78 is 10.8. The van der Waals surface area contributed by atoms with Gasteiger partial charge >= 0.3 is 12.2 Å². The molecule has 0 saturated carbocycles. The first-order chi connectivity index (χ1) is 15.5. The largest absolute Gasteiger partial charge is 0.445 e. The third kappa shape index (κ3) is 5.19. The summed E-state index contributed by atoms with van der Waals surface area (Å²) in [5.41, 5.74) is 3.99. The van der Waals surface area contributed by atoms with Crippen LogP contribution in [0, 0.1) is 0 Å². The van der Waals surface area contributed by atoms with Gasteiger partial charge in [0.1, 0.15) is 12.7 Å². The SMILES string of the molecule is CC(=O)NCC1CN(c2ccc3c(c2)CCN(C(=O)OCc2ccccc2)CC3)C(=O)O1. The molecule has 1 saturated heterocycles. The number of amides is 3. The predicted octanol–water partition coefficient (Wildman–Crippen LogP) is 2.89. The molecule has 2 heterocycles. The molecule has 1 atom stereocenters. The van der Waals surface area contributed by atoms with Crippen molar-refractivity contribution >= 4 is 23.8 Å². The third-order valence-corrected chi connectivity index (χ3v) is 5.72. The van der Waals surface area contributed by atoms with Crippen LogP contribution < -0.4 is 10.2 Å². The van der Waals surface area contributed by atoms with Gasteiger partial charge in [-0.2, -0.15) is 0 Å². The molecule has 1 N–H and O–H groups in total. The lowest BCUT2D eigenvalue weighted by Gasteiger charge is -2.19. The van der Waals surface area contributed by atoms with E-state index in [-0.39, 0.29) is 24.7 Å². The van der Waals surface area contributed by atoms with Crippen molar-refractivity contribution < 1.29 is 23.9 Å². The highest BCUT2D eigenvalue weighted by atomic mass is 16.6. The topological polar surface area (TPSA) is 88.2 Å². The molecule has 8 heteroatoms. The Morgan fingerprint density at radius 1 is 1.09 bits per heavy atom. The van der Waals surface area contributed by atoms with Crippen LogP contribution in [0.3, 0.4) is 0 Å². The Hall–Kier alpha value is -3.55. The fraction of sp³-hybridized carbons (Fsp3) is 0.375. The van der Waals surface area contributed by atoms with Gasteiger partial charge in [0.2, 0.25) is 5.91 Å². The number of nitrogens with one attached hydrogen (secondary N) is 1. The molecule has 0 aromatic heterocycles. The zero-order valence-electron chi connectivity index (χ0n) is 18.1. The molecule has 0 radical (unpaired) electrons. The molecule has 1 unspecified atom stereocenters. The number of rotatable bonds is 5. The fourth-order valence-electron chi connectivity index (χ4n) is 3.97. The van der Waals surface area contributed by atoms with Gasteiger partial charge in [-0.3, -0.25) is 9.69 Å². The molecule has 2 aliphatic heterocycles. The van der Waals surface area contributed by atoms with Crippen LogP contribution in [-0.4, -0.2) is 55.3 Å². The summed E-state index contributed by atoms with van der Waals surface area (Å²) in [6.45, 7) is 3.51. The van der Waals surface area contributed by atoms with Gasteiger partial charge in [0.25, 0.3) is 0 Å². The lowest BCUT2D eigenvalue weighted by Crippen LogP contribution is -2.33. The Bertz CT molecular complexity index is 994. The molecule has 2 aromatic carbocycles. The van der Waals surface area contributed by atoms with E-state index in [9.17, 15) is 14.4 Å². The second kappa shape index (κ2) is 9.72. The minimum Gasteiger partial charge on any atom is -0.445 e. The summed E-state index contributed by atoms with van der Waals surface area (Å²) in [6.07, 6.45) is 0.305. The van der Waals surface area contributed by atoms with Gasteiger partial charge in [0.05, 0.1) is 13.1 Å². The molecule has 2 aromatic rings. The highest BCUT2D eigenvalue weighted by Gasteiger charge is 2.33. The third-order valence-electron chi connectivity index (χ3n) is 5.72. The van der Waals surface area contributed by atoms with E-state index in [0.717, 1.165) is 28.8 Å². The van der Waals surface area contributed by atoms with Crippen LogP contribution in [0.15, 0.2) is 48.5 Å². The molecule has 0 spiro atoms. The highest BCUT2D eigenvalue weighted by Crippen LogP contribution is 2.26. The standard InChI is InChI=1S/C24H27N3O5/c1-17(28)25-14-22-15-27(24(30)32-22)21-8-7-19-9-11-26(12-10-20(19)13-21)23(29)31-16-18-5-3-2-4-6-18/h2-8,13,22H,9-12,14-16H2,1H3,(H,25,28). The van der Waals surface area contributed by atoms with Crippen LogP contribution in [0.1, 0.15) is 23.6 Å². The summed E-state index contributed by atoms with van der Waals surface area (Å²) in [5.74, 6) is -0.156. The number of carbonyl (C=O) groups is 3. The van der Waals surface area contributed by atoms with Crippen molar-refractivity contribution in [3.8, 4) is 0 Å². The number of nitrogens with zero attached hydrogens (tertiary/aromatic N) is 2. The van der Waals surface area contributed by atoms with Gasteiger partial charge in [0, 0.05) is 25.7 Å². The Morgan fingerprint density at radius 3 is 2.59 bits per heavy atom. The van der Waals surface area contributed by atoms with Crippen LogP contribution in [0.5, 0.6) is 0 Å². The lowest BCUT2D eigenvalue weighted by molar-refractivity contribution is -0.119. The highest BCUT2D eigenvalue weighted by molar-refractivity contribution is 5.90. The number of hydrogen-bond acceptors (Lipinski definition) is 5. The van der Waals surface area contributed by atoms with Gasteiger partial charge in [0.15, 0.2) is 0 Å². The number of ether oxygens (including phenoxy) is 2. The van der Waals surface area contributed by atoms with Crippen LogP contribution in [0.2, 0.25) is 0 Å². The molecule has 168 valence electrons. The van der Waals surface area contributed by atoms with Gasteiger partial charge in [-0.1, -0.05) is 36.4 Å². The van der Waals surface area contributed by atoms with Crippen molar-refractivity contribution in [3.05, 3.63) is 65.2 Å². The van der Waals surface area contributed by atoms with E-state index < -0.39 is 6.09 Å². The van der Waals surface area contributed by atoms with E-state index in [2.05, 4.69) is 5.32 Å². The molecule has 8 nitrogen and oxygen atoms in total. The summed E-state index contributed by atoms with van der Waals surface area (Å²) in [6, 6.07) is 15.5. The maximum absolute atomic E-state index is 12.5. The van der Waals surface area contributed by atoms with E-state index in [1.165, 1.54) is 6.92 Å². The first kappa shape index (κ1) is 21.7. The molecule has 1 fully saturated rings. The molecule has 3 amide bonds. The number of benzene rings is 2. The number of anilines is 1. The molecular formula is C24H27N3O5. The molecule has 4 rings (SSSR count). The molecule has 32 heavy (non-hydrogen) atoms. The molecule has 2 aliphatic rings. The number of fused-ring (bicyclic) bond motifs is 1. The van der Waals surface area contributed by atoms with Crippen LogP contribution in [-0.2, 0) is 33.7 Å². The Balaban J connectivity index is 1.36. The predicted molar refractivity (Wildman–Crippen MR) is 118 cm³/mol. The maximum atomic E-state index is 12.5. The zero-order valence-corrected chi connectivity index (χ0v) is 18.1. The first-order valence-electron chi connectivity index (χ1n) is 10.8. The smallest absolute Gasteiger partial charge is 0.414 e. The van der Waals surface area contributed by atoms with Crippen molar-refractivity contribution in [1.82, 2.24) is 10.2 Å². The van der Waals surface area contributed by atoms with Crippen molar-refractivity contribution in [1.29, 1.82) is 0 Å². The Morgan fingerprint density at radius 2 is 1.84 bits per heavy atom. The fourth-order valence-corrected chi connectivity index (χ4v) is 3.97. The second-order valence-electron chi connectivity index (χ2n) is 8.03.